The third kappa shape index (κ3) is 2.62. The number of hydrogen-bond acceptors (Lipinski definition) is 4. The number of halogens is 1. The predicted octanol–water partition coefficient (Wildman–Crippen LogP) is 0.745. The number of rotatable bonds is 2. The lowest BCUT2D eigenvalue weighted by Crippen LogP contribution is -2.48. The summed E-state index contributed by atoms with van der Waals surface area (Å²) in [5, 5.41) is 2.10. The van der Waals surface area contributed by atoms with Crippen LogP contribution in [0.3, 0.4) is 0 Å². The molecule has 100 valence electrons. The van der Waals surface area contributed by atoms with Gasteiger partial charge in [0.2, 0.25) is 11.8 Å². The van der Waals surface area contributed by atoms with Crippen molar-refractivity contribution in [3.8, 4) is 0 Å². The summed E-state index contributed by atoms with van der Waals surface area (Å²) in [6.07, 6.45) is -0.0167. The molecule has 19 heavy (non-hydrogen) atoms. The average Bonchev–Trinajstić information content (AvgIpc) is 2.38. The van der Waals surface area contributed by atoms with Crippen LogP contribution in [0.2, 0.25) is 0 Å². The molecule has 1 aromatic rings. The van der Waals surface area contributed by atoms with Crippen molar-refractivity contribution < 1.29 is 23.5 Å². The van der Waals surface area contributed by atoms with Gasteiger partial charge in [0.05, 0.1) is 7.11 Å². The van der Waals surface area contributed by atoms with Crippen LogP contribution in [0.15, 0.2) is 24.3 Å². The zero-order valence-corrected chi connectivity index (χ0v) is 10.2. The second-order valence-electron chi connectivity index (χ2n) is 4.28. The number of ether oxygens (including phenoxy) is 1. The minimum absolute atomic E-state index is 0.0167. The first kappa shape index (κ1) is 13.2. The maximum Gasteiger partial charge on any atom is 0.318 e. The Morgan fingerprint density at radius 1 is 1.32 bits per heavy atom. The fourth-order valence-electron chi connectivity index (χ4n) is 2.19. The molecule has 1 fully saturated rings. The predicted molar refractivity (Wildman–Crippen MR) is 62.4 cm³/mol. The summed E-state index contributed by atoms with van der Waals surface area (Å²) in [6, 6.07) is 5.37. The number of piperidine rings is 1. The number of esters is 1. The van der Waals surface area contributed by atoms with E-state index >= 15 is 0 Å². The van der Waals surface area contributed by atoms with Gasteiger partial charge in [0, 0.05) is 12.3 Å². The maximum absolute atomic E-state index is 12.9. The van der Waals surface area contributed by atoms with Gasteiger partial charge in [-0.3, -0.25) is 19.7 Å². The number of imide groups is 1. The van der Waals surface area contributed by atoms with E-state index in [4.69, 9.17) is 0 Å². The lowest BCUT2D eigenvalue weighted by molar-refractivity contribution is -0.153. The lowest BCUT2D eigenvalue weighted by Gasteiger charge is -2.28. The molecule has 0 aliphatic carbocycles. The molecule has 1 heterocycles. The topological polar surface area (TPSA) is 72.5 Å². The Bertz CT molecular complexity index is 526. The molecule has 1 saturated heterocycles. The van der Waals surface area contributed by atoms with Gasteiger partial charge in [-0.15, -0.1) is 0 Å². The Morgan fingerprint density at radius 3 is 2.53 bits per heavy atom. The highest BCUT2D eigenvalue weighted by Gasteiger charge is 2.42. The average molecular weight is 265 g/mol. The quantitative estimate of drug-likeness (QED) is 0.486. The third-order valence-corrected chi connectivity index (χ3v) is 3.11. The van der Waals surface area contributed by atoms with E-state index in [9.17, 15) is 18.8 Å². The largest absolute Gasteiger partial charge is 0.468 e. The Balaban J connectivity index is 2.37. The van der Waals surface area contributed by atoms with Crippen LogP contribution < -0.4 is 5.32 Å². The fourth-order valence-corrected chi connectivity index (χ4v) is 2.19. The first-order valence-electron chi connectivity index (χ1n) is 5.70. The Kier molecular flexibility index (Phi) is 3.59. The van der Waals surface area contributed by atoms with Crippen LogP contribution in [0, 0.1) is 11.7 Å². The van der Waals surface area contributed by atoms with E-state index in [0.29, 0.717) is 5.56 Å². The van der Waals surface area contributed by atoms with E-state index in [2.05, 4.69) is 10.1 Å². The Labute approximate surface area is 108 Å². The second-order valence-corrected chi connectivity index (χ2v) is 4.28. The van der Waals surface area contributed by atoms with Crippen LogP contribution in [0.5, 0.6) is 0 Å². The third-order valence-electron chi connectivity index (χ3n) is 3.11. The van der Waals surface area contributed by atoms with Crippen LogP contribution in [0.4, 0.5) is 4.39 Å². The normalized spacial score (nSPS) is 22.8. The van der Waals surface area contributed by atoms with Crippen molar-refractivity contribution >= 4 is 17.8 Å². The summed E-state index contributed by atoms with van der Waals surface area (Å²) in [5.74, 6) is -4.00. The number of nitrogens with one attached hydrogen (secondary N) is 1. The van der Waals surface area contributed by atoms with E-state index in [0.717, 1.165) is 0 Å². The molecular formula is C13H12FNO4. The van der Waals surface area contributed by atoms with Crippen LogP contribution in [0.1, 0.15) is 17.9 Å². The van der Waals surface area contributed by atoms with Gasteiger partial charge < -0.3 is 4.74 Å². The highest BCUT2D eigenvalue weighted by Crippen LogP contribution is 2.32. The van der Waals surface area contributed by atoms with E-state index in [1.54, 1.807) is 0 Å². The molecule has 6 heteroatoms. The van der Waals surface area contributed by atoms with Crippen molar-refractivity contribution in [2.45, 2.75) is 12.3 Å². The summed E-state index contributed by atoms with van der Waals surface area (Å²) in [7, 11) is 1.17. The summed E-state index contributed by atoms with van der Waals surface area (Å²) in [4.78, 5) is 34.8. The van der Waals surface area contributed by atoms with Crippen LogP contribution in [0.25, 0.3) is 0 Å². The van der Waals surface area contributed by atoms with Crippen LogP contribution >= 0.6 is 0 Å². The highest BCUT2D eigenvalue weighted by molar-refractivity contribution is 6.08. The van der Waals surface area contributed by atoms with Crippen LogP contribution in [-0.2, 0) is 19.1 Å². The highest BCUT2D eigenvalue weighted by atomic mass is 19.1. The SMILES string of the molecule is COC(=O)[C@@H]1C(=O)NC(=O)C[C@H]1c1ccc(F)cc1. The summed E-state index contributed by atoms with van der Waals surface area (Å²) in [6.45, 7) is 0. The summed E-state index contributed by atoms with van der Waals surface area (Å²) in [5.41, 5.74) is 0.556. The molecule has 1 aromatic carbocycles. The maximum atomic E-state index is 12.9. The minimum atomic E-state index is -1.09. The molecule has 2 amide bonds. The Hall–Kier alpha value is -2.24. The van der Waals surface area contributed by atoms with E-state index < -0.39 is 35.4 Å². The van der Waals surface area contributed by atoms with Crippen molar-refractivity contribution in [1.82, 2.24) is 5.32 Å². The van der Waals surface area contributed by atoms with Crippen molar-refractivity contribution in [3.63, 3.8) is 0 Å². The van der Waals surface area contributed by atoms with Gasteiger partial charge in [0.1, 0.15) is 11.7 Å². The van der Waals surface area contributed by atoms with Gasteiger partial charge >= 0.3 is 5.97 Å². The molecule has 0 aromatic heterocycles. The summed E-state index contributed by atoms with van der Waals surface area (Å²) < 4.78 is 17.5. The van der Waals surface area contributed by atoms with E-state index in [1.165, 1.54) is 31.4 Å². The van der Waals surface area contributed by atoms with E-state index in [1.807, 2.05) is 0 Å². The van der Waals surface area contributed by atoms with Crippen molar-refractivity contribution in [2.24, 2.45) is 5.92 Å². The van der Waals surface area contributed by atoms with Crippen molar-refractivity contribution in [1.29, 1.82) is 0 Å². The van der Waals surface area contributed by atoms with Crippen molar-refractivity contribution in [3.05, 3.63) is 35.6 Å². The molecule has 0 radical (unpaired) electrons. The van der Waals surface area contributed by atoms with Gasteiger partial charge in [-0.2, -0.15) is 0 Å². The van der Waals surface area contributed by atoms with Gasteiger partial charge in [0.15, 0.2) is 0 Å². The van der Waals surface area contributed by atoms with Gasteiger partial charge in [-0.1, -0.05) is 12.1 Å². The monoisotopic (exact) mass is 265 g/mol. The zero-order valence-electron chi connectivity index (χ0n) is 10.2. The molecule has 1 aliphatic heterocycles. The van der Waals surface area contributed by atoms with Gasteiger partial charge in [-0.25, -0.2) is 4.39 Å². The van der Waals surface area contributed by atoms with Crippen LogP contribution in [-0.4, -0.2) is 24.9 Å². The number of benzene rings is 1. The number of hydrogen-bond donors (Lipinski definition) is 1. The minimum Gasteiger partial charge on any atom is -0.468 e. The first-order valence-corrected chi connectivity index (χ1v) is 5.70. The molecule has 2 atom stereocenters. The van der Waals surface area contributed by atoms with Gasteiger partial charge in [-0.05, 0) is 17.7 Å². The molecule has 0 spiro atoms. The summed E-state index contributed by atoms with van der Waals surface area (Å²) >= 11 is 0. The molecule has 0 unspecified atom stereocenters. The van der Waals surface area contributed by atoms with Crippen molar-refractivity contribution in [2.75, 3.05) is 7.11 Å². The molecule has 1 aliphatic rings. The first-order chi connectivity index (χ1) is 9.02. The number of methoxy groups -OCH3 is 1. The van der Waals surface area contributed by atoms with E-state index in [-0.39, 0.29) is 6.42 Å². The second kappa shape index (κ2) is 5.17. The molecule has 0 saturated carbocycles. The van der Waals surface area contributed by atoms with Gasteiger partial charge in [0.25, 0.3) is 0 Å². The molecule has 5 nitrogen and oxygen atoms in total. The molecule has 1 N–H and O–H groups in total. The number of amides is 2. The molecule has 2 rings (SSSR count). The standard InChI is InChI=1S/C13H12FNO4/c1-19-13(18)11-9(6-10(16)15-12(11)17)7-2-4-8(14)5-3-7/h2-5,9,11H,6H2,1H3,(H,15,16,17)/t9-,11-/m0/s1. The number of carbonyl (C=O) groups is 3. The molecule has 0 bridgehead atoms. The number of carbonyl (C=O) groups excluding carboxylic acids is 3. The lowest BCUT2D eigenvalue weighted by atomic mass is 9.80. The zero-order chi connectivity index (χ0) is 14.0. The fraction of sp³-hybridized carbons (Fsp3) is 0.308. The Morgan fingerprint density at radius 2 is 1.95 bits per heavy atom. The molecular weight excluding hydrogens is 253 g/mol. The smallest absolute Gasteiger partial charge is 0.318 e.